The van der Waals surface area contributed by atoms with Gasteiger partial charge in [0.05, 0.1) is 19.1 Å². The Morgan fingerprint density at radius 2 is 1.91 bits per heavy atom. The third kappa shape index (κ3) is 4.92. The monoisotopic (exact) mass is 448 g/mol. The molecule has 2 heterocycles. The van der Waals surface area contributed by atoms with Crippen LogP contribution < -0.4 is 5.32 Å². The van der Waals surface area contributed by atoms with Crippen molar-refractivity contribution in [3.05, 3.63) is 86.8 Å². The number of carbonyl (C=O) groups is 2. The lowest BCUT2D eigenvalue weighted by molar-refractivity contribution is -0.115. The summed E-state index contributed by atoms with van der Waals surface area (Å²) in [6.45, 7) is 6.53. The lowest BCUT2D eigenvalue weighted by Gasteiger charge is -2.27. The number of hydrogen-bond donors (Lipinski definition) is 1. The van der Waals surface area contributed by atoms with Gasteiger partial charge in [-0.05, 0) is 42.5 Å². The molecule has 1 amide bonds. The zero-order chi connectivity index (χ0) is 22.7. The third-order valence-electron chi connectivity index (χ3n) is 5.88. The first-order valence-corrected chi connectivity index (χ1v) is 11.6. The summed E-state index contributed by atoms with van der Waals surface area (Å²) in [6, 6.07) is 16.5. The van der Waals surface area contributed by atoms with Gasteiger partial charge in [0.15, 0.2) is 0 Å². The van der Waals surface area contributed by atoms with E-state index in [0.29, 0.717) is 10.6 Å². The van der Waals surface area contributed by atoms with Crippen LogP contribution in [0.1, 0.15) is 43.1 Å². The van der Waals surface area contributed by atoms with Crippen molar-refractivity contribution < 1.29 is 14.3 Å². The number of benzene rings is 2. The number of hydrogen-bond acceptors (Lipinski definition) is 5. The van der Waals surface area contributed by atoms with Crippen molar-refractivity contribution in [3.63, 3.8) is 0 Å². The Morgan fingerprint density at radius 3 is 2.62 bits per heavy atom. The van der Waals surface area contributed by atoms with Gasteiger partial charge in [0.25, 0.3) is 0 Å². The fourth-order valence-electron chi connectivity index (χ4n) is 4.23. The van der Waals surface area contributed by atoms with Crippen molar-refractivity contribution >= 4 is 28.2 Å². The van der Waals surface area contributed by atoms with Crippen LogP contribution >= 0.6 is 11.3 Å². The molecule has 1 aliphatic rings. The van der Waals surface area contributed by atoms with Gasteiger partial charge in [0.1, 0.15) is 5.00 Å². The molecular formula is C26H28N2O3S. The van der Waals surface area contributed by atoms with Crippen molar-refractivity contribution in [2.24, 2.45) is 0 Å². The van der Waals surface area contributed by atoms with Gasteiger partial charge >= 0.3 is 5.97 Å². The number of ether oxygens (including phenoxy) is 1. The van der Waals surface area contributed by atoms with Gasteiger partial charge in [-0.2, -0.15) is 0 Å². The standard InChI is InChI=1S/C26H28N2O3S/c1-17-9-10-20(18(2)13-17)14-23(29)27-25-24(26(30)31-3)21-11-12-28(16-22(21)32-25)15-19-7-5-4-6-8-19/h4-10,13H,11-12,14-16H2,1-3H3,(H,27,29). The summed E-state index contributed by atoms with van der Waals surface area (Å²) in [5, 5.41) is 3.59. The van der Waals surface area contributed by atoms with Crippen LogP contribution in [0.2, 0.25) is 0 Å². The molecule has 4 rings (SSSR count). The minimum atomic E-state index is -0.388. The van der Waals surface area contributed by atoms with E-state index in [9.17, 15) is 9.59 Å². The topological polar surface area (TPSA) is 58.6 Å². The molecule has 0 saturated carbocycles. The Balaban J connectivity index is 1.53. The van der Waals surface area contributed by atoms with Crippen molar-refractivity contribution in [2.75, 3.05) is 19.0 Å². The molecule has 166 valence electrons. The zero-order valence-corrected chi connectivity index (χ0v) is 19.6. The molecule has 0 bridgehead atoms. The molecule has 0 aliphatic carbocycles. The first-order chi connectivity index (χ1) is 15.4. The largest absolute Gasteiger partial charge is 0.465 e. The first kappa shape index (κ1) is 22.2. The summed E-state index contributed by atoms with van der Waals surface area (Å²) in [5.41, 5.74) is 6.04. The Labute approximate surface area is 193 Å². The number of aryl methyl sites for hydroxylation is 2. The fraction of sp³-hybridized carbons (Fsp3) is 0.308. The normalized spacial score (nSPS) is 13.5. The number of anilines is 1. The predicted molar refractivity (Wildman–Crippen MR) is 128 cm³/mol. The van der Waals surface area contributed by atoms with Crippen molar-refractivity contribution in [1.29, 1.82) is 0 Å². The molecule has 3 aromatic rings. The molecule has 0 atom stereocenters. The average Bonchev–Trinajstić information content (AvgIpc) is 3.12. The number of nitrogens with one attached hydrogen (secondary N) is 1. The van der Waals surface area contributed by atoms with Crippen molar-refractivity contribution in [3.8, 4) is 0 Å². The van der Waals surface area contributed by atoms with Gasteiger partial charge in [-0.1, -0.05) is 54.1 Å². The van der Waals surface area contributed by atoms with Crippen molar-refractivity contribution in [2.45, 2.75) is 39.8 Å². The van der Waals surface area contributed by atoms with E-state index < -0.39 is 0 Å². The van der Waals surface area contributed by atoms with Crippen LogP contribution in [-0.2, 0) is 35.5 Å². The summed E-state index contributed by atoms with van der Waals surface area (Å²) < 4.78 is 5.06. The molecule has 2 aromatic carbocycles. The summed E-state index contributed by atoms with van der Waals surface area (Å²) in [5.74, 6) is -0.511. The van der Waals surface area contributed by atoms with E-state index in [1.165, 1.54) is 29.6 Å². The third-order valence-corrected chi connectivity index (χ3v) is 7.01. The van der Waals surface area contributed by atoms with Gasteiger partial charge in [0.2, 0.25) is 5.91 Å². The lowest BCUT2D eigenvalue weighted by Crippen LogP contribution is -2.29. The Morgan fingerprint density at radius 1 is 1.12 bits per heavy atom. The van der Waals surface area contributed by atoms with E-state index >= 15 is 0 Å². The molecular weight excluding hydrogens is 420 g/mol. The SMILES string of the molecule is COC(=O)c1c(NC(=O)Cc2ccc(C)cc2C)sc2c1CCN(Cc1ccccc1)C2. The second-order valence-corrected chi connectivity index (χ2v) is 9.41. The van der Waals surface area contributed by atoms with Crippen molar-refractivity contribution in [1.82, 2.24) is 4.90 Å². The maximum absolute atomic E-state index is 12.8. The maximum atomic E-state index is 12.8. The molecule has 1 N–H and O–H groups in total. The molecule has 0 unspecified atom stereocenters. The number of nitrogens with zero attached hydrogens (tertiary/aromatic N) is 1. The van der Waals surface area contributed by atoms with Crippen LogP contribution in [0.5, 0.6) is 0 Å². The summed E-state index contributed by atoms with van der Waals surface area (Å²) in [6.07, 6.45) is 1.03. The predicted octanol–water partition coefficient (Wildman–Crippen LogP) is 4.89. The van der Waals surface area contributed by atoms with Crippen LogP contribution in [0.4, 0.5) is 5.00 Å². The Kier molecular flexibility index (Phi) is 6.72. The maximum Gasteiger partial charge on any atom is 0.341 e. The highest BCUT2D eigenvalue weighted by molar-refractivity contribution is 7.17. The van der Waals surface area contributed by atoms with E-state index in [1.54, 1.807) is 0 Å². The van der Waals surface area contributed by atoms with Gasteiger partial charge in [-0.3, -0.25) is 9.69 Å². The van der Waals surface area contributed by atoms with E-state index in [1.807, 2.05) is 32.0 Å². The summed E-state index contributed by atoms with van der Waals surface area (Å²) >= 11 is 1.49. The van der Waals surface area contributed by atoms with E-state index in [2.05, 4.69) is 40.5 Å². The van der Waals surface area contributed by atoms with E-state index in [-0.39, 0.29) is 18.3 Å². The van der Waals surface area contributed by atoms with E-state index in [4.69, 9.17) is 4.74 Å². The van der Waals surface area contributed by atoms with Gasteiger partial charge < -0.3 is 10.1 Å². The smallest absolute Gasteiger partial charge is 0.341 e. The number of thiophene rings is 1. The highest BCUT2D eigenvalue weighted by Gasteiger charge is 2.29. The molecule has 6 heteroatoms. The number of fused-ring (bicyclic) bond motifs is 1. The van der Waals surface area contributed by atoms with E-state index in [0.717, 1.165) is 47.6 Å². The van der Waals surface area contributed by atoms with Crippen LogP contribution in [0, 0.1) is 13.8 Å². The molecule has 0 spiro atoms. The molecule has 0 saturated heterocycles. The van der Waals surface area contributed by atoms with Gasteiger partial charge in [0, 0.05) is 24.5 Å². The molecule has 1 aromatic heterocycles. The second-order valence-electron chi connectivity index (χ2n) is 8.30. The highest BCUT2D eigenvalue weighted by Crippen LogP contribution is 2.38. The van der Waals surface area contributed by atoms with Crippen LogP contribution in [0.15, 0.2) is 48.5 Å². The average molecular weight is 449 g/mol. The summed E-state index contributed by atoms with van der Waals surface area (Å²) in [7, 11) is 1.39. The number of esters is 1. The molecule has 0 radical (unpaired) electrons. The lowest BCUT2D eigenvalue weighted by atomic mass is 10.0. The molecule has 32 heavy (non-hydrogen) atoms. The minimum Gasteiger partial charge on any atom is -0.465 e. The van der Waals surface area contributed by atoms with Crippen LogP contribution in [0.3, 0.4) is 0 Å². The number of carbonyl (C=O) groups excluding carboxylic acids is 2. The summed E-state index contributed by atoms with van der Waals surface area (Å²) in [4.78, 5) is 28.9. The first-order valence-electron chi connectivity index (χ1n) is 10.8. The quantitative estimate of drug-likeness (QED) is 0.546. The van der Waals surface area contributed by atoms with Gasteiger partial charge in [-0.25, -0.2) is 4.79 Å². The molecule has 1 aliphatic heterocycles. The van der Waals surface area contributed by atoms with Crippen LogP contribution in [-0.4, -0.2) is 30.4 Å². The molecule has 5 nitrogen and oxygen atoms in total. The number of methoxy groups -OCH3 is 1. The highest BCUT2D eigenvalue weighted by atomic mass is 32.1. The van der Waals surface area contributed by atoms with Crippen LogP contribution in [0.25, 0.3) is 0 Å². The number of amides is 1. The fourth-order valence-corrected chi connectivity index (χ4v) is 5.52. The second kappa shape index (κ2) is 9.67. The number of rotatable bonds is 6. The Bertz CT molecular complexity index is 1140. The molecule has 0 fully saturated rings. The Hall–Kier alpha value is -2.96. The minimum absolute atomic E-state index is 0.123. The zero-order valence-electron chi connectivity index (χ0n) is 18.7. The van der Waals surface area contributed by atoms with Gasteiger partial charge in [-0.15, -0.1) is 11.3 Å².